The SMILES string of the molecule is COc1cccc(CNCC(O)c2ccc(C)cc2)c1OC(F)F. The van der Waals surface area contributed by atoms with Crippen molar-refractivity contribution >= 4 is 0 Å². The van der Waals surface area contributed by atoms with Crippen LogP contribution in [0.15, 0.2) is 42.5 Å². The van der Waals surface area contributed by atoms with Gasteiger partial charge >= 0.3 is 6.61 Å². The first-order valence-corrected chi connectivity index (χ1v) is 7.57. The maximum atomic E-state index is 12.6. The molecule has 0 bridgehead atoms. The summed E-state index contributed by atoms with van der Waals surface area (Å²) in [6.07, 6.45) is -0.685. The quantitative estimate of drug-likeness (QED) is 0.775. The fraction of sp³-hybridized carbons (Fsp3) is 0.333. The molecule has 1 unspecified atom stereocenters. The van der Waals surface area contributed by atoms with Crippen LogP contribution in [0.4, 0.5) is 8.78 Å². The van der Waals surface area contributed by atoms with Gasteiger partial charge in [0.2, 0.25) is 0 Å². The number of benzene rings is 2. The van der Waals surface area contributed by atoms with Crippen LogP contribution >= 0.6 is 0 Å². The van der Waals surface area contributed by atoms with Gasteiger partial charge in [-0.15, -0.1) is 0 Å². The van der Waals surface area contributed by atoms with Gasteiger partial charge in [-0.05, 0) is 18.6 Å². The van der Waals surface area contributed by atoms with Gasteiger partial charge in [0.25, 0.3) is 0 Å². The van der Waals surface area contributed by atoms with Crippen molar-refractivity contribution in [2.45, 2.75) is 26.2 Å². The van der Waals surface area contributed by atoms with Crippen LogP contribution in [-0.2, 0) is 6.54 Å². The van der Waals surface area contributed by atoms with E-state index in [9.17, 15) is 13.9 Å². The number of para-hydroxylation sites is 1. The lowest BCUT2D eigenvalue weighted by molar-refractivity contribution is -0.0519. The second-order valence-corrected chi connectivity index (χ2v) is 5.38. The predicted molar refractivity (Wildman–Crippen MR) is 87.5 cm³/mol. The summed E-state index contributed by atoms with van der Waals surface area (Å²) in [5, 5.41) is 13.2. The van der Waals surface area contributed by atoms with Crippen LogP contribution in [-0.4, -0.2) is 25.4 Å². The predicted octanol–water partition coefficient (Wildman–Crippen LogP) is 3.43. The van der Waals surface area contributed by atoms with Crippen molar-refractivity contribution in [1.29, 1.82) is 0 Å². The lowest BCUT2D eigenvalue weighted by atomic mass is 10.1. The molecule has 130 valence electrons. The third kappa shape index (κ3) is 4.91. The van der Waals surface area contributed by atoms with Gasteiger partial charge in [0.15, 0.2) is 11.5 Å². The van der Waals surface area contributed by atoms with Crippen LogP contribution in [0, 0.1) is 6.92 Å². The molecule has 0 radical (unpaired) electrons. The first kappa shape index (κ1) is 18.2. The largest absolute Gasteiger partial charge is 0.493 e. The summed E-state index contributed by atoms with van der Waals surface area (Å²) in [4.78, 5) is 0. The van der Waals surface area contributed by atoms with E-state index < -0.39 is 12.7 Å². The Labute approximate surface area is 140 Å². The molecule has 1 atom stereocenters. The molecule has 2 rings (SSSR count). The minimum Gasteiger partial charge on any atom is -0.493 e. The van der Waals surface area contributed by atoms with Crippen molar-refractivity contribution in [2.75, 3.05) is 13.7 Å². The van der Waals surface area contributed by atoms with Crippen LogP contribution in [0.1, 0.15) is 22.8 Å². The molecule has 2 aromatic carbocycles. The van der Waals surface area contributed by atoms with Crippen LogP contribution in [0.25, 0.3) is 0 Å². The molecule has 0 aliphatic carbocycles. The van der Waals surface area contributed by atoms with Gasteiger partial charge in [-0.3, -0.25) is 0 Å². The maximum absolute atomic E-state index is 12.6. The first-order chi connectivity index (χ1) is 11.5. The Kier molecular flexibility index (Phi) is 6.52. The van der Waals surface area contributed by atoms with E-state index in [-0.39, 0.29) is 24.6 Å². The van der Waals surface area contributed by atoms with E-state index in [0.717, 1.165) is 11.1 Å². The maximum Gasteiger partial charge on any atom is 0.387 e. The molecule has 0 aliphatic heterocycles. The van der Waals surface area contributed by atoms with Crippen molar-refractivity contribution in [3.8, 4) is 11.5 Å². The zero-order chi connectivity index (χ0) is 17.5. The summed E-state index contributed by atoms with van der Waals surface area (Å²) in [5.74, 6) is 0.251. The molecule has 0 saturated carbocycles. The zero-order valence-electron chi connectivity index (χ0n) is 13.6. The van der Waals surface area contributed by atoms with E-state index in [1.165, 1.54) is 7.11 Å². The number of halogens is 2. The number of hydrogen-bond acceptors (Lipinski definition) is 4. The minimum absolute atomic E-state index is 0.00678. The lowest BCUT2D eigenvalue weighted by Crippen LogP contribution is -2.21. The summed E-state index contributed by atoms with van der Waals surface area (Å²) in [6, 6.07) is 12.5. The zero-order valence-corrected chi connectivity index (χ0v) is 13.6. The van der Waals surface area contributed by atoms with Gasteiger partial charge in [0.1, 0.15) is 0 Å². The summed E-state index contributed by atoms with van der Waals surface area (Å²) in [6.45, 7) is -0.406. The number of methoxy groups -OCH3 is 1. The Morgan fingerprint density at radius 1 is 1.12 bits per heavy atom. The van der Waals surface area contributed by atoms with Crippen LogP contribution in [0.2, 0.25) is 0 Å². The number of alkyl halides is 2. The molecule has 24 heavy (non-hydrogen) atoms. The highest BCUT2D eigenvalue weighted by atomic mass is 19.3. The molecule has 0 spiro atoms. The number of aliphatic hydroxyl groups is 1. The van der Waals surface area contributed by atoms with E-state index in [4.69, 9.17) is 4.74 Å². The highest BCUT2D eigenvalue weighted by molar-refractivity contribution is 5.46. The van der Waals surface area contributed by atoms with Crippen molar-refractivity contribution in [3.05, 3.63) is 59.2 Å². The smallest absolute Gasteiger partial charge is 0.387 e. The van der Waals surface area contributed by atoms with Crippen LogP contribution in [0.3, 0.4) is 0 Å². The second-order valence-electron chi connectivity index (χ2n) is 5.38. The molecule has 6 heteroatoms. The third-order valence-corrected chi connectivity index (χ3v) is 3.60. The average molecular weight is 337 g/mol. The Balaban J connectivity index is 1.99. The van der Waals surface area contributed by atoms with Gasteiger partial charge < -0.3 is 19.9 Å². The van der Waals surface area contributed by atoms with E-state index in [0.29, 0.717) is 5.56 Å². The molecule has 2 N–H and O–H groups in total. The lowest BCUT2D eigenvalue weighted by Gasteiger charge is -2.16. The Bertz CT molecular complexity index is 647. The average Bonchev–Trinajstić information content (AvgIpc) is 2.56. The monoisotopic (exact) mass is 337 g/mol. The number of rotatable bonds is 8. The highest BCUT2D eigenvalue weighted by Gasteiger charge is 2.15. The summed E-state index contributed by atoms with van der Waals surface area (Å²) in [7, 11) is 1.39. The topological polar surface area (TPSA) is 50.7 Å². The third-order valence-electron chi connectivity index (χ3n) is 3.60. The van der Waals surface area contributed by atoms with Crippen molar-refractivity contribution in [2.24, 2.45) is 0 Å². The van der Waals surface area contributed by atoms with E-state index >= 15 is 0 Å². The molecule has 2 aromatic rings. The van der Waals surface area contributed by atoms with Crippen LogP contribution < -0.4 is 14.8 Å². The number of nitrogens with one attached hydrogen (secondary N) is 1. The number of ether oxygens (including phenoxy) is 2. The van der Waals surface area contributed by atoms with Gasteiger partial charge in [-0.1, -0.05) is 42.0 Å². The van der Waals surface area contributed by atoms with Crippen molar-refractivity contribution in [3.63, 3.8) is 0 Å². The molecular weight excluding hydrogens is 316 g/mol. The van der Waals surface area contributed by atoms with E-state index in [1.807, 2.05) is 31.2 Å². The Morgan fingerprint density at radius 2 is 1.83 bits per heavy atom. The molecule has 0 saturated heterocycles. The molecular formula is C18H21F2NO3. The molecule has 0 aliphatic rings. The summed E-state index contributed by atoms with van der Waals surface area (Å²) >= 11 is 0. The summed E-state index contributed by atoms with van der Waals surface area (Å²) in [5.41, 5.74) is 2.44. The van der Waals surface area contributed by atoms with Gasteiger partial charge in [-0.2, -0.15) is 8.78 Å². The highest BCUT2D eigenvalue weighted by Crippen LogP contribution is 2.32. The van der Waals surface area contributed by atoms with Gasteiger partial charge in [-0.25, -0.2) is 0 Å². The number of hydrogen-bond donors (Lipinski definition) is 2. The Morgan fingerprint density at radius 3 is 2.46 bits per heavy atom. The minimum atomic E-state index is -2.93. The van der Waals surface area contributed by atoms with Gasteiger partial charge in [0, 0.05) is 18.7 Å². The second kappa shape index (κ2) is 8.61. The molecule has 0 fully saturated rings. The van der Waals surface area contributed by atoms with Gasteiger partial charge in [0.05, 0.1) is 13.2 Å². The molecule has 4 nitrogen and oxygen atoms in total. The first-order valence-electron chi connectivity index (χ1n) is 7.57. The van der Waals surface area contributed by atoms with E-state index in [2.05, 4.69) is 10.1 Å². The van der Waals surface area contributed by atoms with Crippen LogP contribution in [0.5, 0.6) is 11.5 Å². The number of aryl methyl sites for hydroxylation is 1. The fourth-order valence-electron chi connectivity index (χ4n) is 2.33. The molecule has 0 amide bonds. The van der Waals surface area contributed by atoms with E-state index in [1.54, 1.807) is 18.2 Å². The summed E-state index contributed by atoms with van der Waals surface area (Å²) < 4.78 is 34.8. The van der Waals surface area contributed by atoms with Crippen molar-refractivity contribution < 1.29 is 23.4 Å². The normalized spacial score (nSPS) is 12.2. The number of aliphatic hydroxyl groups excluding tert-OH is 1. The standard InChI is InChI=1S/C18H21F2NO3/c1-12-6-8-13(9-7-12)15(22)11-21-10-14-4-3-5-16(23-2)17(14)24-18(19)20/h3-9,15,18,21-22H,10-11H2,1-2H3. The Hall–Kier alpha value is -2.18. The molecule has 0 aromatic heterocycles. The van der Waals surface area contributed by atoms with Crippen molar-refractivity contribution in [1.82, 2.24) is 5.32 Å². The fourth-order valence-corrected chi connectivity index (χ4v) is 2.33. The molecule has 0 heterocycles.